The molecule has 1 N–H and O–H groups in total. The second-order valence-corrected chi connectivity index (χ2v) is 5.18. The van der Waals surface area contributed by atoms with Crippen molar-refractivity contribution in [1.29, 1.82) is 0 Å². The molecule has 6 heteroatoms. The van der Waals surface area contributed by atoms with Gasteiger partial charge in [-0.1, -0.05) is 12.1 Å². The van der Waals surface area contributed by atoms with Crippen molar-refractivity contribution in [3.63, 3.8) is 0 Å². The van der Waals surface area contributed by atoms with Gasteiger partial charge in [0.2, 0.25) is 5.91 Å². The Bertz CT molecular complexity index is 908. The van der Waals surface area contributed by atoms with Crippen LogP contribution in [0.3, 0.4) is 0 Å². The van der Waals surface area contributed by atoms with E-state index in [9.17, 15) is 9.59 Å². The molecule has 3 rings (SSSR count). The Morgan fingerprint density at radius 3 is 2.68 bits per heavy atom. The van der Waals surface area contributed by atoms with Gasteiger partial charge in [-0.05, 0) is 36.8 Å². The van der Waals surface area contributed by atoms with E-state index in [2.05, 4.69) is 10.3 Å². The lowest BCUT2D eigenvalue weighted by atomic mass is 10.3. The number of nitrogens with one attached hydrogen (secondary N) is 1. The second kappa shape index (κ2) is 5.48. The Morgan fingerprint density at radius 1 is 1.23 bits per heavy atom. The lowest BCUT2D eigenvalue weighted by molar-refractivity contribution is -0.116. The van der Waals surface area contributed by atoms with Crippen LogP contribution in [0.1, 0.15) is 5.56 Å². The summed E-state index contributed by atoms with van der Waals surface area (Å²) in [5.74, 6) is 0.204. The summed E-state index contributed by atoms with van der Waals surface area (Å²) in [5.41, 5.74) is 2.33. The van der Waals surface area contributed by atoms with Crippen molar-refractivity contribution in [3.05, 3.63) is 58.6 Å². The van der Waals surface area contributed by atoms with Crippen LogP contribution >= 0.6 is 0 Å². The fourth-order valence-electron chi connectivity index (χ4n) is 2.45. The second-order valence-electron chi connectivity index (χ2n) is 5.18. The van der Waals surface area contributed by atoms with Crippen LogP contribution in [0.15, 0.2) is 47.4 Å². The zero-order valence-corrected chi connectivity index (χ0v) is 12.4. The third kappa shape index (κ3) is 2.50. The van der Waals surface area contributed by atoms with E-state index in [-0.39, 0.29) is 18.1 Å². The van der Waals surface area contributed by atoms with Gasteiger partial charge in [-0.3, -0.25) is 13.9 Å². The van der Waals surface area contributed by atoms with E-state index in [1.54, 1.807) is 19.3 Å². The number of carbonyl (C=O) groups excluding carboxylic acids is 1. The number of aromatic nitrogens is 3. The molecule has 0 bridgehead atoms. The highest BCUT2D eigenvalue weighted by Gasteiger charge is 2.13. The number of aryl methyl sites for hydroxylation is 2. The third-order valence-electron chi connectivity index (χ3n) is 3.54. The molecule has 0 saturated heterocycles. The van der Waals surface area contributed by atoms with E-state index in [0.29, 0.717) is 5.82 Å². The predicted octanol–water partition coefficient (Wildman–Crippen LogP) is 1.68. The fourth-order valence-corrected chi connectivity index (χ4v) is 2.45. The Morgan fingerprint density at radius 2 is 1.95 bits per heavy atom. The van der Waals surface area contributed by atoms with Crippen molar-refractivity contribution < 1.29 is 4.79 Å². The summed E-state index contributed by atoms with van der Waals surface area (Å²) in [6, 6.07) is 11.0. The number of hydrogen-bond donors (Lipinski definition) is 1. The van der Waals surface area contributed by atoms with Gasteiger partial charge in [0.05, 0.1) is 11.0 Å². The summed E-state index contributed by atoms with van der Waals surface area (Å²) in [7, 11) is 1.70. The summed E-state index contributed by atoms with van der Waals surface area (Å²) in [5, 5.41) is 2.71. The van der Waals surface area contributed by atoms with E-state index in [1.807, 2.05) is 37.3 Å². The van der Waals surface area contributed by atoms with Gasteiger partial charge in [0, 0.05) is 13.2 Å². The van der Waals surface area contributed by atoms with E-state index in [4.69, 9.17) is 0 Å². The number of benzene rings is 1. The number of hydrogen-bond acceptors (Lipinski definition) is 3. The monoisotopic (exact) mass is 296 g/mol. The Balaban J connectivity index is 1.89. The predicted molar refractivity (Wildman–Crippen MR) is 84.8 cm³/mol. The molecular weight excluding hydrogens is 280 g/mol. The molecule has 0 spiro atoms. The minimum atomic E-state index is -0.281. The molecule has 112 valence electrons. The van der Waals surface area contributed by atoms with Crippen LogP contribution in [0.25, 0.3) is 11.0 Å². The minimum absolute atomic E-state index is 0.0458. The van der Waals surface area contributed by atoms with Gasteiger partial charge in [-0.25, -0.2) is 9.78 Å². The molecule has 22 heavy (non-hydrogen) atoms. The minimum Gasteiger partial charge on any atom is -0.309 e. The van der Waals surface area contributed by atoms with Gasteiger partial charge < -0.3 is 5.32 Å². The molecule has 0 unspecified atom stereocenters. The van der Waals surface area contributed by atoms with E-state index in [0.717, 1.165) is 16.6 Å². The highest BCUT2D eigenvalue weighted by Crippen LogP contribution is 2.12. The Hall–Kier alpha value is -2.89. The molecule has 0 aliphatic heterocycles. The molecule has 2 heterocycles. The quantitative estimate of drug-likeness (QED) is 0.799. The zero-order valence-electron chi connectivity index (χ0n) is 12.4. The number of fused-ring (bicyclic) bond motifs is 1. The molecular formula is C16H16N4O2. The van der Waals surface area contributed by atoms with E-state index in [1.165, 1.54) is 9.13 Å². The number of pyridine rings is 1. The summed E-state index contributed by atoms with van der Waals surface area (Å²) in [4.78, 5) is 28.5. The smallest absolute Gasteiger partial charge is 0.309 e. The van der Waals surface area contributed by atoms with Crippen molar-refractivity contribution in [2.75, 3.05) is 5.32 Å². The highest BCUT2D eigenvalue weighted by molar-refractivity contribution is 5.90. The van der Waals surface area contributed by atoms with Crippen molar-refractivity contribution in [2.24, 2.45) is 7.05 Å². The molecule has 1 aromatic carbocycles. The first-order valence-electron chi connectivity index (χ1n) is 6.93. The van der Waals surface area contributed by atoms with Crippen LogP contribution in [0.4, 0.5) is 5.82 Å². The maximum atomic E-state index is 12.3. The molecule has 2 aromatic heterocycles. The number of carbonyl (C=O) groups is 1. The number of nitrogens with zero attached hydrogens (tertiary/aromatic N) is 3. The van der Waals surface area contributed by atoms with Crippen LogP contribution in [0.5, 0.6) is 0 Å². The summed E-state index contributed by atoms with van der Waals surface area (Å²) in [6.07, 6.45) is 1.63. The number of para-hydroxylation sites is 2. The fraction of sp³-hybridized carbons (Fsp3) is 0.188. The third-order valence-corrected chi connectivity index (χ3v) is 3.54. The molecule has 0 atom stereocenters. The topological polar surface area (TPSA) is 68.9 Å². The molecule has 0 aliphatic rings. The Labute approximate surface area is 127 Å². The lowest BCUT2D eigenvalue weighted by Crippen LogP contribution is -2.28. The number of anilines is 1. The molecule has 0 fully saturated rings. The first-order valence-corrected chi connectivity index (χ1v) is 6.93. The van der Waals surface area contributed by atoms with Gasteiger partial charge in [0.15, 0.2) is 0 Å². The van der Waals surface area contributed by atoms with Gasteiger partial charge >= 0.3 is 5.69 Å². The highest BCUT2D eigenvalue weighted by atomic mass is 16.2. The Kier molecular flexibility index (Phi) is 3.50. The van der Waals surface area contributed by atoms with Gasteiger partial charge in [0.25, 0.3) is 0 Å². The van der Waals surface area contributed by atoms with Gasteiger partial charge in [0.1, 0.15) is 12.4 Å². The van der Waals surface area contributed by atoms with Crippen LogP contribution in [-0.4, -0.2) is 20.0 Å². The first kappa shape index (κ1) is 14.1. The van der Waals surface area contributed by atoms with Crippen molar-refractivity contribution in [1.82, 2.24) is 14.1 Å². The standard InChI is InChI=1S/C16H16N4O2/c1-11-7-8-17-14(9-11)18-15(21)10-20-13-6-4-3-5-12(13)19(2)16(20)22/h3-9H,10H2,1-2H3,(H,17,18,21). The van der Waals surface area contributed by atoms with Crippen molar-refractivity contribution >= 4 is 22.8 Å². The van der Waals surface area contributed by atoms with Gasteiger partial charge in [-0.2, -0.15) is 0 Å². The zero-order chi connectivity index (χ0) is 15.7. The first-order chi connectivity index (χ1) is 10.6. The average Bonchev–Trinajstić information content (AvgIpc) is 2.73. The SMILES string of the molecule is Cc1ccnc(NC(=O)Cn2c(=O)n(C)c3ccccc32)c1. The van der Waals surface area contributed by atoms with Gasteiger partial charge in [-0.15, -0.1) is 0 Å². The summed E-state index contributed by atoms with van der Waals surface area (Å²) < 4.78 is 2.99. The van der Waals surface area contributed by atoms with Crippen LogP contribution < -0.4 is 11.0 Å². The maximum absolute atomic E-state index is 12.3. The molecule has 1 amide bonds. The normalized spacial score (nSPS) is 10.8. The summed E-state index contributed by atoms with van der Waals surface area (Å²) >= 11 is 0. The number of imidazole rings is 1. The molecule has 0 saturated carbocycles. The van der Waals surface area contributed by atoms with Crippen LogP contribution in [0, 0.1) is 6.92 Å². The summed E-state index contributed by atoms with van der Waals surface area (Å²) in [6.45, 7) is 1.88. The maximum Gasteiger partial charge on any atom is 0.329 e. The lowest BCUT2D eigenvalue weighted by Gasteiger charge is -2.06. The van der Waals surface area contributed by atoms with Crippen LogP contribution in [-0.2, 0) is 18.4 Å². The molecule has 0 radical (unpaired) electrons. The largest absolute Gasteiger partial charge is 0.329 e. The number of rotatable bonds is 3. The molecule has 3 aromatic rings. The van der Waals surface area contributed by atoms with Crippen LogP contribution in [0.2, 0.25) is 0 Å². The van der Waals surface area contributed by atoms with E-state index >= 15 is 0 Å². The number of amides is 1. The van der Waals surface area contributed by atoms with Crippen molar-refractivity contribution in [2.45, 2.75) is 13.5 Å². The molecule has 6 nitrogen and oxygen atoms in total. The average molecular weight is 296 g/mol. The van der Waals surface area contributed by atoms with E-state index < -0.39 is 0 Å². The molecule has 0 aliphatic carbocycles. The van der Waals surface area contributed by atoms with Crippen molar-refractivity contribution in [3.8, 4) is 0 Å².